The standard InChI is InChI=1S/C15H22N2O2S.C11H14N2S/c1-15(17(5-7-18)6-8-19)4-2-14(16)13(10-15)12-3-9-20-11-12;1-11(13)4-2-10(12)9(6-11)8-3-5-14-7-8/h2-4,9-11,14,18-19H,5-8,16H2,1H3;2-7,10H,12-13H2,1H3. The molecule has 2 heterocycles. The lowest BCUT2D eigenvalue weighted by molar-refractivity contribution is 0.114. The van der Waals surface area contributed by atoms with E-state index in [2.05, 4.69) is 52.2 Å². The lowest BCUT2D eigenvalue weighted by Gasteiger charge is -2.39. The van der Waals surface area contributed by atoms with E-state index in [4.69, 9.17) is 17.2 Å². The molecule has 0 spiro atoms. The second-order valence-corrected chi connectivity index (χ2v) is 10.6. The van der Waals surface area contributed by atoms with Gasteiger partial charge in [0.1, 0.15) is 0 Å². The van der Waals surface area contributed by atoms with Gasteiger partial charge in [-0.1, -0.05) is 36.5 Å². The van der Waals surface area contributed by atoms with E-state index in [9.17, 15) is 10.2 Å². The average Bonchev–Trinajstić information content (AvgIpc) is 3.52. The smallest absolute Gasteiger partial charge is 0.0558 e. The SMILES string of the molecule is CC1(N(CCO)CCO)C=CC(N)C(c2ccsc2)=C1.CC1(N)C=CC(N)C(c2ccsc2)=C1. The first-order chi connectivity index (χ1) is 16.2. The summed E-state index contributed by atoms with van der Waals surface area (Å²) in [4.78, 5) is 2.06. The molecule has 2 aromatic heterocycles. The molecule has 34 heavy (non-hydrogen) atoms. The fourth-order valence-electron chi connectivity index (χ4n) is 4.20. The summed E-state index contributed by atoms with van der Waals surface area (Å²) in [5.74, 6) is 0. The third-order valence-corrected chi connectivity index (χ3v) is 7.43. The summed E-state index contributed by atoms with van der Waals surface area (Å²) < 4.78 is 0. The highest BCUT2D eigenvalue weighted by molar-refractivity contribution is 7.08. The Kier molecular flexibility index (Phi) is 9.20. The maximum atomic E-state index is 9.22. The van der Waals surface area contributed by atoms with Gasteiger partial charge in [0.2, 0.25) is 0 Å². The van der Waals surface area contributed by atoms with E-state index in [0.29, 0.717) is 13.1 Å². The van der Waals surface area contributed by atoms with Crippen molar-refractivity contribution in [1.82, 2.24) is 4.90 Å². The van der Waals surface area contributed by atoms with Crippen LogP contribution in [0, 0.1) is 0 Å². The molecule has 8 N–H and O–H groups in total. The molecule has 0 aliphatic heterocycles. The van der Waals surface area contributed by atoms with Gasteiger partial charge in [-0.15, -0.1) is 0 Å². The highest BCUT2D eigenvalue weighted by atomic mass is 32.1. The number of aliphatic hydroxyl groups is 2. The molecule has 0 amide bonds. The van der Waals surface area contributed by atoms with Crippen LogP contribution < -0.4 is 17.2 Å². The van der Waals surface area contributed by atoms with Gasteiger partial charge in [-0.25, -0.2) is 0 Å². The first-order valence-electron chi connectivity index (χ1n) is 11.4. The Morgan fingerprint density at radius 1 is 0.853 bits per heavy atom. The van der Waals surface area contributed by atoms with Gasteiger partial charge in [-0.2, -0.15) is 22.7 Å². The molecule has 2 aliphatic rings. The van der Waals surface area contributed by atoms with E-state index >= 15 is 0 Å². The molecule has 0 saturated heterocycles. The largest absolute Gasteiger partial charge is 0.395 e. The van der Waals surface area contributed by atoms with Crippen LogP contribution in [-0.2, 0) is 0 Å². The lowest BCUT2D eigenvalue weighted by atomic mass is 9.85. The number of nitrogens with zero attached hydrogens (tertiary/aromatic N) is 1. The monoisotopic (exact) mass is 500 g/mol. The summed E-state index contributed by atoms with van der Waals surface area (Å²) in [6.45, 7) is 5.22. The summed E-state index contributed by atoms with van der Waals surface area (Å²) >= 11 is 3.32. The highest BCUT2D eigenvalue weighted by Gasteiger charge is 2.31. The van der Waals surface area contributed by atoms with Crippen LogP contribution in [0.2, 0.25) is 0 Å². The molecule has 6 nitrogen and oxygen atoms in total. The van der Waals surface area contributed by atoms with Gasteiger partial charge in [0.05, 0.1) is 24.3 Å². The predicted molar refractivity (Wildman–Crippen MR) is 146 cm³/mol. The Bertz CT molecular complexity index is 1020. The number of nitrogens with two attached hydrogens (primary N) is 3. The van der Waals surface area contributed by atoms with Crippen LogP contribution in [0.1, 0.15) is 25.0 Å². The van der Waals surface area contributed by atoms with Crippen LogP contribution in [0.3, 0.4) is 0 Å². The van der Waals surface area contributed by atoms with Crippen LogP contribution in [0.15, 0.2) is 70.1 Å². The fourth-order valence-corrected chi connectivity index (χ4v) is 5.53. The van der Waals surface area contributed by atoms with Gasteiger partial charge in [0.25, 0.3) is 0 Å². The van der Waals surface area contributed by atoms with Gasteiger partial charge in [-0.05, 0) is 69.8 Å². The zero-order chi connectivity index (χ0) is 24.8. The van der Waals surface area contributed by atoms with Crippen molar-refractivity contribution in [1.29, 1.82) is 0 Å². The minimum atomic E-state index is -0.368. The summed E-state index contributed by atoms with van der Waals surface area (Å²) in [5.41, 5.74) is 22.0. The Labute approximate surface area is 210 Å². The number of β-amino-alcohol motifs (C(OH)–C–C–N with tert-alkyl or cyclic N) is 2. The van der Waals surface area contributed by atoms with E-state index < -0.39 is 0 Å². The van der Waals surface area contributed by atoms with Crippen molar-refractivity contribution in [3.05, 3.63) is 81.2 Å². The van der Waals surface area contributed by atoms with Gasteiger partial charge in [-0.3, -0.25) is 4.90 Å². The van der Waals surface area contributed by atoms with Gasteiger partial charge in [0.15, 0.2) is 0 Å². The molecule has 184 valence electrons. The molecule has 4 unspecified atom stereocenters. The van der Waals surface area contributed by atoms with Crippen LogP contribution in [0.4, 0.5) is 0 Å². The van der Waals surface area contributed by atoms with Crippen molar-refractivity contribution in [2.24, 2.45) is 17.2 Å². The van der Waals surface area contributed by atoms with Crippen molar-refractivity contribution in [3.8, 4) is 0 Å². The van der Waals surface area contributed by atoms with Crippen LogP contribution in [0.25, 0.3) is 11.1 Å². The molecule has 8 heteroatoms. The first kappa shape index (κ1) is 26.7. The minimum absolute atomic E-state index is 0.0266. The van der Waals surface area contributed by atoms with Gasteiger partial charge in [0, 0.05) is 25.2 Å². The molecule has 0 bridgehead atoms. The van der Waals surface area contributed by atoms with E-state index in [1.54, 1.807) is 22.7 Å². The maximum absolute atomic E-state index is 9.22. The second-order valence-electron chi connectivity index (χ2n) is 9.02. The van der Waals surface area contributed by atoms with Gasteiger partial charge >= 0.3 is 0 Å². The number of hydrogen-bond acceptors (Lipinski definition) is 8. The topological polar surface area (TPSA) is 122 Å². The summed E-state index contributed by atoms with van der Waals surface area (Å²) in [6.07, 6.45) is 12.2. The Morgan fingerprint density at radius 3 is 1.82 bits per heavy atom. The van der Waals surface area contributed by atoms with Gasteiger partial charge < -0.3 is 27.4 Å². The van der Waals surface area contributed by atoms with Crippen molar-refractivity contribution < 1.29 is 10.2 Å². The van der Waals surface area contributed by atoms with Crippen molar-refractivity contribution in [2.75, 3.05) is 26.3 Å². The van der Waals surface area contributed by atoms with Crippen molar-refractivity contribution in [3.63, 3.8) is 0 Å². The first-order valence-corrected chi connectivity index (χ1v) is 13.2. The molecule has 2 aromatic rings. The minimum Gasteiger partial charge on any atom is -0.395 e. The molecule has 0 fully saturated rings. The molecular weight excluding hydrogens is 464 g/mol. The molecule has 2 aliphatic carbocycles. The fraction of sp³-hybridized carbons (Fsp3) is 0.385. The van der Waals surface area contributed by atoms with Crippen LogP contribution in [0.5, 0.6) is 0 Å². The van der Waals surface area contributed by atoms with E-state index in [-0.39, 0.29) is 36.4 Å². The van der Waals surface area contributed by atoms with Crippen LogP contribution in [-0.4, -0.2) is 64.6 Å². The van der Waals surface area contributed by atoms with Crippen molar-refractivity contribution >= 4 is 33.8 Å². The number of hydrogen-bond donors (Lipinski definition) is 5. The zero-order valence-corrected chi connectivity index (χ0v) is 21.4. The summed E-state index contributed by atoms with van der Waals surface area (Å²) in [7, 11) is 0. The zero-order valence-electron chi connectivity index (χ0n) is 19.8. The third-order valence-electron chi connectivity index (χ3n) is 6.07. The Morgan fingerprint density at radius 2 is 1.35 bits per heavy atom. The molecule has 0 radical (unpaired) electrons. The number of aliphatic hydroxyl groups excluding tert-OH is 2. The molecule has 4 atom stereocenters. The molecule has 0 aromatic carbocycles. The quantitative estimate of drug-likeness (QED) is 0.373. The maximum Gasteiger partial charge on any atom is 0.0558 e. The molecule has 4 rings (SSSR count). The Hall–Kier alpha value is -1.88. The summed E-state index contributed by atoms with van der Waals surface area (Å²) in [5, 5.41) is 26.7. The highest BCUT2D eigenvalue weighted by Crippen LogP contribution is 2.32. The third kappa shape index (κ3) is 6.62. The number of thiophene rings is 2. The van der Waals surface area contributed by atoms with E-state index in [1.165, 1.54) is 5.56 Å². The Balaban J connectivity index is 0.000000202. The molecule has 0 saturated carbocycles. The van der Waals surface area contributed by atoms with Crippen molar-refractivity contribution in [2.45, 2.75) is 37.0 Å². The normalized spacial score (nSPS) is 28.4. The van der Waals surface area contributed by atoms with E-state index in [1.807, 2.05) is 36.6 Å². The lowest BCUT2D eigenvalue weighted by Crippen LogP contribution is -2.48. The predicted octanol–water partition coefficient (Wildman–Crippen LogP) is 2.82. The molecular formula is C26H36N4O2S2. The second kappa shape index (κ2) is 11.7. The van der Waals surface area contributed by atoms with Crippen LogP contribution >= 0.6 is 22.7 Å². The summed E-state index contributed by atoms with van der Waals surface area (Å²) in [6, 6.07) is 4.01. The van der Waals surface area contributed by atoms with E-state index in [0.717, 1.165) is 16.7 Å². The number of rotatable bonds is 7. The average molecular weight is 501 g/mol.